The average molecular weight is 456 g/mol. The van der Waals surface area contributed by atoms with Crippen molar-refractivity contribution in [2.45, 2.75) is 43.5 Å². The van der Waals surface area contributed by atoms with E-state index in [0.717, 1.165) is 19.3 Å². The largest absolute Gasteiger partial charge is 0.354 e. The molecule has 0 spiro atoms. The van der Waals surface area contributed by atoms with Crippen LogP contribution in [-0.4, -0.2) is 32.7 Å². The third kappa shape index (κ3) is 4.65. The van der Waals surface area contributed by atoms with Crippen molar-refractivity contribution >= 4 is 43.2 Å². The van der Waals surface area contributed by atoms with Crippen LogP contribution in [0, 0.1) is 0 Å². The summed E-state index contributed by atoms with van der Waals surface area (Å²) in [5.74, 6) is 0.0692. The van der Waals surface area contributed by atoms with Gasteiger partial charge in [0.1, 0.15) is 11.9 Å². The molecular weight excluding hydrogens is 430 g/mol. The van der Waals surface area contributed by atoms with Gasteiger partial charge in [-0.15, -0.1) is 11.3 Å². The first-order chi connectivity index (χ1) is 15.0. The Morgan fingerprint density at radius 3 is 2.77 bits per heavy atom. The van der Waals surface area contributed by atoms with Crippen LogP contribution < -0.4 is 10.0 Å². The third-order valence-corrected chi connectivity index (χ3v) is 7.75. The highest BCUT2D eigenvalue weighted by Gasteiger charge is 2.31. The molecular formula is C23H25N3O3S2. The molecule has 1 atom stereocenters. The Labute approximate surface area is 186 Å². The molecule has 2 aromatic carbocycles. The molecule has 0 aliphatic carbocycles. The monoisotopic (exact) mass is 455 g/mol. The second kappa shape index (κ2) is 9.20. The van der Waals surface area contributed by atoms with E-state index in [1.54, 1.807) is 35.6 Å². The predicted molar refractivity (Wildman–Crippen MR) is 125 cm³/mol. The van der Waals surface area contributed by atoms with Crippen molar-refractivity contribution in [1.82, 2.24) is 10.0 Å². The van der Waals surface area contributed by atoms with E-state index in [4.69, 9.17) is 0 Å². The van der Waals surface area contributed by atoms with E-state index >= 15 is 0 Å². The summed E-state index contributed by atoms with van der Waals surface area (Å²) in [6.07, 6.45) is 3.07. The van der Waals surface area contributed by atoms with Gasteiger partial charge in [-0.2, -0.15) is 0 Å². The molecule has 2 N–H and O–H groups in total. The number of amidine groups is 1. The number of hydrogen-bond donors (Lipinski definition) is 2. The maximum absolute atomic E-state index is 12.9. The van der Waals surface area contributed by atoms with Gasteiger partial charge in [-0.1, -0.05) is 50.1 Å². The quantitative estimate of drug-likeness (QED) is 0.541. The SMILES string of the molecule is CCCCC(N=C1NS(=O)(=O)c2ccccc21)C(=O)NCCc1csc2ccccc12. The molecule has 1 aromatic heterocycles. The van der Waals surface area contributed by atoms with Crippen molar-refractivity contribution in [2.24, 2.45) is 4.99 Å². The Morgan fingerprint density at radius 2 is 1.94 bits per heavy atom. The van der Waals surface area contributed by atoms with Crippen molar-refractivity contribution in [3.63, 3.8) is 0 Å². The molecule has 1 unspecified atom stereocenters. The Morgan fingerprint density at radius 1 is 1.16 bits per heavy atom. The van der Waals surface area contributed by atoms with Crippen molar-refractivity contribution in [3.05, 3.63) is 65.0 Å². The second-order valence-electron chi connectivity index (χ2n) is 7.54. The van der Waals surface area contributed by atoms with E-state index < -0.39 is 16.1 Å². The molecule has 31 heavy (non-hydrogen) atoms. The minimum Gasteiger partial charge on any atom is -0.354 e. The lowest BCUT2D eigenvalue weighted by molar-refractivity contribution is -0.122. The van der Waals surface area contributed by atoms with Gasteiger partial charge in [0.15, 0.2) is 0 Å². The zero-order valence-corrected chi connectivity index (χ0v) is 18.9. The first-order valence-corrected chi connectivity index (χ1v) is 12.8. The van der Waals surface area contributed by atoms with Crippen LogP contribution in [0.4, 0.5) is 0 Å². The number of rotatable bonds is 8. The van der Waals surface area contributed by atoms with Crippen molar-refractivity contribution in [1.29, 1.82) is 0 Å². The minimum atomic E-state index is -3.63. The number of hydrogen-bond acceptors (Lipinski definition) is 5. The number of amides is 1. The first kappa shape index (κ1) is 21.5. The predicted octanol–water partition coefficient (Wildman–Crippen LogP) is 3.86. The number of nitrogens with one attached hydrogen (secondary N) is 2. The molecule has 0 fully saturated rings. The summed E-state index contributed by atoms with van der Waals surface area (Å²) in [6, 6.07) is 14.3. The number of carbonyl (C=O) groups is 1. The number of carbonyl (C=O) groups excluding carboxylic acids is 1. The van der Waals surface area contributed by atoms with Crippen LogP contribution in [0.2, 0.25) is 0 Å². The van der Waals surface area contributed by atoms with Gasteiger partial charge in [0.25, 0.3) is 10.0 Å². The van der Waals surface area contributed by atoms with E-state index in [1.807, 2.05) is 12.1 Å². The fraction of sp³-hybridized carbons (Fsp3) is 0.304. The molecule has 6 nitrogen and oxygen atoms in total. The van der Waals surface area contributed by atoms with Gasteiger partial charge in [0.2, 0.25) is 5.91 Å². The number of benzene rings is 2. The van der Waals surface area contributed by atoms with Gasteiger partial charge in [-0.05, 0) is 47.4 Å². The molecule has 1 amide bonds. The highest BCUT2D eigenvalue weighted by Crippen LogP contribution is 2.26. The average Bonchev–Trinajstić information content (AvgIpc) is 3.29. The lowest BCUT2D eigenvalue weighted by atomic mass is 10.1. The summed E-state index contributed by atoms with van der Waals surface area (Å²) in [7, 11) is -3.63. The normalized spacial score (nSPS) is 16.7. The lowest BCUT2D eigenvalue weighted by Gasteiger charge is -2.14. The zero-order valence-electron chi connectivity index (χ0n) is 17.3. The van der Waals surface area contributed by atoms with E-state index in [9.17, 15) is 13.2 Å². The second-order valence-corrected chi connectivity index (χ2v) is 10.1. The van der Waals surface area contributed by atoms with Gasteiger partial charge in [0.05, 0.1) is 4.90 Å². The maximum Gasteiger partial charge on any atom is 0.263 e. The first-order valence-electron chi connectivity index (χ1n) is 10.4. The molecule has 0 saturated carbocycles. The van der Waals surface area contributed by atoms with Crippen LogP contribution in [-0.2, 0) is 21.2 Å². The zero-order chi connectivity index (χ0) is 21.8. The molecule has 1 aliphatic heterocycles. The van der Waals surface area contributed by atoms with Crippen molar-refractivity contribution in [3.8, 4) is 0 Å². The van der Waals surface area contributed by atoms with Crippen LogP contribution in [0.1, 0.15) is 37.3 Å². The van der Waals surface area contributed by atoms with Crippen molar-refractivity contribution in [2.75, 3.05) is 6.54 Å². The van der Waals surface area contributed by atoms with Gasteiger partial charge in [-0.25, -0.2) is 8.42 Å². The Balaban J connectivity index is 1.47. The number of thiophene rings is 1. The van der Waals surface area contributed by atoms with Gasteiger partial charge >= 0.3 is 0 Å². The van der Waals surface area contributed by atoms with Gasteiger partial charge in [-0.3, -0.25) is 14.5 Å². The topological polar surface area (TPSA) is 87.6 Å². The smallest absolute Gasteiger partial charge is 0.263 e. The number of fused-ring (bicyclic) bond motifs is 2. The van der Waals surface area contributed by atoms with Crippen LogP contribution in [0.25, 0.3) is 10.1 Å². The fourth-order valence-electron chi connectivity index (χ4n) is 3.70. The summed E-state index contributed by atoms with van der Waals surface area (Å²) in [5, 5.41) is 6.35. The number of sulfonamides is 1. The Hall–Kier alpha value is -2.71. The number of aliphatic imine (C=N–C) groups is 1. The highest BCUT2D eigenvalue weighted by atomic mass is 32.2. The summed E-state index contributed by atoms with van der Waals surface area (Å²) in [5.41, 5.74) is 1.73. The molecule has 4 rings (SSSR count). The summed E-state index contributed by atoms with van der Waals surface area (Å²) in [4.78, 5) is 17.6. The minimum absolute atomic E-state index is 0.177. The van der Waals surface area contributed by atoms with E-state index in [2.05, 4.69) is 39.5 Å². The summed E-state index contributed by atoms with van der Waals surface area (Å²) < 4.78 is 28.4. The lowest BCUT2D eigenvalue weighted by Crippen LogP contribution is -2.36. The third-order valence-electron chi connectivity index (χ3n) is 5.34. The van der Waals surface area contributed by atoms with E-state index in [1.165, 1.54) is 15.6 Å². The Bertz CT molecular complexity index is 1230. The van der Waals surface area contributed by atoms with Crippen LogP contribution >= 0.6 is 11.3 Å². The molecule has 0 saturated heterocycles. The molecule has 2 heterocycles. The molecule has 3 aromatic rings. The van der Waals surface area contributed by atoms with Gasteiger partial charge < -0.3 is 5.32 Å². The molecule has 0 radical (unpaired) electrons. The van der Waals surface area contributed by atoms with Crippen LogP contribution in [0.15, 0.2) is 63.8 Å². The Kier molecular flexibility index (Phi) is 6.38. The molecule has 1 aliphatic rings. The number of unbranched alkanes of at least 4 members (excludes halogenated alkanes) is 1. The summed E-state index contributed by atoms with van der Waals surface area (Å²) in [6.45, 7) is 2.56. The maximum atomic E-state index is 12.9. The summed E-state index contributed by atoms with van der Waals surface area (Å²) >= 11 is 1.71. The number of nitrogens with zero attached hydrogens (tertiary/aromatic N) is 1. The van der Waals surface area contributed by atoms with Crippen LogP contribution in [0.5, 0.6) is 0 Å². The van der Waals surface area contributed by atoms with Gasteiger partial charge in [0, 0.05) is 16.8 Å². The fourth-order valence-corrected chi connectivity index (χ4v) is 5.94. The van der Waals surface area contributed by atoms with E-state index in [0.29, 0.717) is 18.5 Å². The standard InChI is InChI=1S/C23H25N3O3S2/c1-2-3-10-19(25-22-18-9-5-7-12-21(18)31(28,29)26-22)23(27)24-14-13-16-15-30-20-11-6-4-8-17(16)20/h4-9,11-12,15,19H,2-3,10,13-14H2,1H3,(H,24,27)(H,25,26). The molecule has 0 bridgehead atoms. The van der Waals surface area contributed by atoms with Crippen molar-refractivity contribution < 1.29 is 13.2 Å². The molecule has 8 heteroatoms. The van der Waals surface area contributed by atoms with E-state index in [-0.39, 0.29) is 16.6 Å². The highest BCUT2D eigenvalue weighted by molar-refractivity contribution is 7.90. The van der Waals surface area contributed by atoms with Crippen LogP contribution in [0.3, 0.4) is 0 Å². The molecule has 162 valence electrons.